The SMILES string of the molecule is c1ccc(-c2cc(-c3ccccc3)cc(N(c3ccccc3)c3cccc4oc5cc(-c6ccccc6)c6ccccc6c5c34)c2)cc1. The Labute approximate surface area is 279 Å². The van der Waals surface area contributed by atoms with Crippen LogP contribution in [0.5, 0.6) is 0 Å². The molecule has 2 heteroatoms. The van der Waals surface area contributed by atoms with Crippen molar-refractivity contribution in [1.29, 1.82) is 0 Å². The smallest absolute Gasteiger partial charge is 0.137 e. The van der Waals surface area contributed by atoms with Crippen LogP contribution >= 0.6 is 0 Å². The molecule has 0 atom stereocenters. The molecule has 0 bridgehead atoms. The largest absolute Gasteiger partial charge is 0.456 e. The van der Waals surface area contributed by atoms with E-state index >= 15 is 0 Å². The highest BCUT2D eigenvalue weighted by Crippen LogP contribution is 2.47. The predicted octanol–water partition coefficient (Wildman–Crippen LogP) is 13.2. The molecule has 0 saturated carbocycles. The van der Waals surface area contributed by atoms with Crippen LogP contribution in [-0.2, 0) is 0 Å². The fourth-order valence-corrected chi connectivity index (χ4v) is 7.04. The van der Waals surface area contributed by atoms with E-state index in [0.29, 0.717) is 0 Å². The molecule has 0 N–H and O–H groups in total. The molecule has 0 saturated heterocycles. The third kappa shape index (κ3) is 4.83. The first kappa shape index (κ1) is 27.9. The molecule has 0 unspecified atom stereocenters. The van der Waals surface area contributed by atoms with Gasteiger partial charge in [0.25, 0.3) is 0 Å². The van der Waals surface area contributed by atoms with Gasteiger partial charge in [-0.05, 0) is 92.7 Å². The first-order valence-corrected chi connectivity index (χ1v) is 16.4. The third-order valence-electron chi connectivity index (χ3n) is 9.21. The molecule has 0 fully saturated rings. The summed E-state index contributed by atoms with van der Waals surface area (Å²) in [6.07, 6.45) is 0. The normalized spacial score (nSPS) is 11.3. The Morgan fingerprint density at radius 2 is 0.875 bits per heavy atom. The molecule has 9 rings (SSSR count). The van der Waals surface area contributed by atoms with Gasteiger partial charge in [0.05, 0.1) is 11.1 Å². The lowest BCUT2D eigenvalue weighted by molar-refractivity contribution is 0.669. The summed E-state index contributed by atoms with van der Waals surface area (Å²) in [5, 5.41) is 4.60. The fraction of sp³-hybridized carbons (Fsp3) is 0. The maximum Gasteiger partial charge on any atom is 0.137 e. The molecule has 0 amide bonds. The number of rotatable bonds is 6. The summed E-state index contributed by atoms with van der Waals surface area (Å²) in [6, 6.07) is 66.8. The summed E-state index contributed by atoms with van der Waals surface area (Å²) >= 11 is 0. The second-order valence-corrected chi connectivity index (χ2v) is 12.1. The molecule has 8 aromatic carbocycles. The van der Waals surface area contributed by atoms with Crippen molar-refractivity contribution in [3.8, 4) is 33.4 Å². The van der Waals surface area contributed by atoms with Gasteiger partial charge in [0, 0.05) is 16.8 Å². The molecule has 226 valence electrons. The maximum absolute atomic E-state index is 6.74. The number of para-hydroxylation sites is 1. The highest BCUT2D eigenvalue weighted by atomic mass is 16.3. The lowest BCUT2D eigenvalue weighted by Crippen LogP contribution is -2.10. The number of benzene rings is 8. The zero-order chi connectivity index (χ0) is 31.9. The Balaban J connectivity index is 1.36. The number of furan rings is 1. The highest BCUT2D eigenvalue weighted by molar-refractivity contribution is 6.25. The second kappa shape index (κ2) is 11.8. The summed E-state index contributed by atoms with van der Waals surface area (Å²) < 4.78 is 6.74. The number of anilines is 3. The monoisotopic (exact) mass is 613 g/mol. The van der Waals surface area contributed by atoms with Crippen molar-refractivity contribution in [1.82, 2.24) is 0 Å². The minimum absolute atomic E-state index is 0.862. The van der Waals surface area contributed by atoms with Gasteiger partial charge in [-0.1, -0.05) is 140 Å². The van der Waals surface area contributed by atoms with Crippen LogP contribution in [0.15, 0.2) is 192 Å². The van der Waals surface area contributed by atoms with Crippen molar-refractivity contribution in [3.63, 3.8) is 0 Å². The van der Waals surface area contributed by atoms with Crippen LogP contribution in [0, 0.1) is 0 Å². The molecule has 9 aromatic rings. The Hall–Kier alpha value is -6.38. The molecule has 0 radical (unpaired) electrons. The lowest BCUT2D eigenvalue weighted by atomic mass is 9.94. The summed E-state index contributed by atoms with van der Waals surface area (Å²) in [5.74, 6) is 0. The van der Waals surface area contributed by atoms with Gasteiger partial charge in [0.1, 0.15) is 11.2 Å². The predicted molar refractivity (Wildman–Crippen MR) is 202 cm³/mol. The number of hydrogen-bond donors (Lipinski definition) is 0. The average molecular weight is 614 g/mol. The first-order valence-electron chi connectivity index (χ1n) is 16.4. The van der Waals surface area contributed by atoms with E-state index < -0.39 is 0 Å². The molecule has 0 spiro atoms. The van der Waals surface area contributed by atoms with Gasteiger partial charge in [0.2, 0.25) is 0 Å². The van der Waals surface area contributed by atoms with Crippen LogP contribution in [0.3, 0.4) is 0 Å². The van der Waals surface area contributed by atoms with E-state index in [0.717, 1.165) is 50.1 Å². The molecule has 2 nitrogen and oxygen atoms in total. The number of hydrogen-bond acceptors (Lipinski definition) is 2. The molecular weight excluding hydrogens is 583 g/mol. The van der Waals surface area contributed by atoms with E-state index in [1.54, 1.807) is 0 Å². The van der Waals surface area contributed by atoms with Gasteiger partial charge in [-0.3, -0.25) is 0 Å². The Bertz CT molecular complexity index is 2480. The molecule has 0 aliphatic heterocycles. The zero-order valence-electron chi connectivity index (χ0n) is 26.3. The van der Waals surface area contributed by atoms with Gasteiger partial charge < -0.3 is 9.32 Å². The van der Waals surface area contributed by atoms with Gasteiger partial charge in [-0.25, -0.2) is 0 Å². The van der Waals surface area contributed by atoms with Crippen molar-refractivity contribution in [2.45, 2.75) is 0 Å². The molecule has 48 heavy (non-hydrogen) atoms. The van der Waals surface area contributed by atoms with E-state index in [1.807, 2.05) is 0 Å². The standard InChI is InChI=1S/C46H31NO/c1-5-16-32(17-6-1)35-28-36(33-18-7-2-8-19-33)30-38(29-35)47(37-22-11-4-12-23-37)42-26-15-27-43-46(42)45-40-25-14-13-24-39(40)41(31-44(45)48-43)34-20-9-3-10-21-34/h1-31H. The molecule has 1 aromatic heterocycles. The summed E-state index contributed by atoms with van der Waals surface area (Å²) in [6.45, 7) is 0. The van der Waals surface area contributed by atoms with Gasteiger partial charge in [0.15, 0.2) is 0 Å². The van der Waals surface area contributed by atoms with Crippen LogP contribution in [0.2, 0.25) is 0 Å². The van der Waals surface area contributed by atoms with Gasteiger partial charge >= 0.3 is 0 Å². The summed E-state index contributed by atoms with van der Waals surface area (Å²) in [7, 11) is 0. The summed E-state index contributed by atoms with van der Waals surface area (Å²) in [5.41, 5.74) is 12.0. The minimum atomic E-state index is 0.862. The van der Waals surface area contributed by atoms with Gasteiger partial charge in [-0.2, -0.15) is 0 Å². The van der Waals surface area contributed by atoms with E-state index in [2.05, 4.69) is 193 Å². The van der Waals surface area contributed by atoms with Crippen LogP contribution in [-0.4, -0.2) is 0 Å². The molecule has 0 aliphatic rings. The van der Waals surface area contributed by atoms with E-state index in [9.17, 15) is 0 Å². The van der Waals surface area contributed by atoms with Crippen molar-refractivity contribution in [2.75, 3.05) is 4.90 Å². The van der Waals surface area contributed by atoms with E-state index in [-0.39, 0.29) is 0 Å². The summed E-state index contributed by atoms with van der Waals surface area (Å²) in [4.78, 5) is 2.38. The van der Waals surface area contributed by atoms with Crippen molar-refractivity contribution in [2.24, 2.45) is 0 Å². The Kier molecular flexibility index (Phi) is 6.84. The highest BCUT2D eigenvalue weighted by Gasteiger charge is 2.22. The Morgan fingerprint density at radius 3 is 1.50 bits per heavy atom. The van der Waals surface area contributed by atoms with Crippen molar-refractivity contribution < 1.29 is 4.42 Å². The quantitative estimate of drug-likeness (QED) is 0.185. The third-order valence-corrected chi connectivity index (χ3v) is 9.21. The minimum Gasteiger partial charge on any atom is -0.456 e. The zero-order valence-corrected chi connectivity index (χ0v) is 26.3. The average Bonchev–Trinajstić information content (AvgIpc) is 3.56. The van der Waals surface area contributed by atoms with E-state index in [1.165, 1.54) is 33.0 Å². The fourth-order valence-electron chi connectivity index (χ4n) is 7.04. The number of fused-ring (bicyclic) bond motifs is 5. The maximum atomic E-state index is 6.74. The van der Waals surface area contributed by atoms with Crippen LogP contribution in [0.4, 0.5) is 17.1 Å². The number of nitrogens with zero attached hydrogens (tertiary/aromatic N) is 1. The van der Waals surface area contributed by atoms with Gasteiger partial charge in [-0.15, -0.1) is 0 Å². The first-order chi connectivity index (χ1) is 23.8. The topological polar surface area (TPSA) is 16.4 Å². The molecular formula is C46H31NO. The lowest BCUT2D eigenvalue weighted by Gasteiger charge is -2.27. The van der Waals surface area contributed by atoms with Crippen molar-refractivity contribution >= 4 is 49.8 Å². The van der Waals surface area contributed by atoms with Crippen LogP contribution in [0.25, 0.3) is 66.1 Å². The molecule has 1 heterocycles. The Morgan fingerprint density at radius 1 is 0.333 bits per heavy atom. The molecule has 0 aliphatic carbocycles. The van der Waals surface area contributed by atoms with E-state index in [4.69, 9.17) is 4.42 Å². The van der Waals surface area contributed by atoms with Crippen molar-refractivity contribution in [3.05, 3.63) is 188 Å². The van der Waals surface area contributed by atoms with Crippen LogP contribution < -0.4 is 4.90 Å². The second-order valence-electron chi connectivity index (χ2n) is 12.1. The van der Waals surface area contributed by atoms with Crippen LogP contribution in [0.1, 0.15) is 0 Å².